The minimum atomic E-state index is -0.273. The van der Waals surface area contributed by atoms with Crippen molar-refractivity contribution < 1.29 is 14.3 Å². The Morgan fingerprint density at radius 2 is 1.87 bits per heavy atom. The molecule has 0 bridgehead atoms. The molecule has 2 saturated heterocycles. The van der Waals surface area contributed by atoms with Crippen LogP contribution in [0.4, 0.5) is 16.6 Å². The Hall–Kier alpha value is -3.62. The highest BCUT2D eigenvalue weighted by molar-refractivity contribution is 5.68. The summed E-state index contributed by atoms with van der Waals surface area (Å²) in [4.78, 5) is 41.8. The normalized spacial score (nSPS) is 19.7. The van der Waals surface area contributed by atoms with Crippen molar-refractivity contribution in [2.24, 2.45) is 5.92 Å². The summed E-state index contributed by atoms with van der Waals surface area (Å²) in [6, 6.07) is 8.45. The van der Waals surface area contributed by atoms with Gasteiger partial charge in [0.1, 0.15) is 11.8 Å². The highest BCUT2D eigenvalue weighted by Gasteiger charge is 2.30. The third kappa shape index (κ3) is 6.34. The summed E-state index contributed by atoms with van der Waals surface area (Å²) in [7, 11) is 2.13. The molecule has 10 nitrogen and oxygen atoms in total. The van der Waals surface area contributed by atoms with Crippen molar-refractivity contribution in [3.05, 3.63) is 41.1 Å². The van der Waals surface area contributed by atoms with Crippen LogP contribution in [0.1, 0.15) is 37.8 Å². The number of amides is 1. The Morgan fingerprint density at radius 1 is 1.08 bits per heavy atom. The minimum Gasteiger partial charge on any atom is -0.447 e. The molecule has 39 heavy (non-hydrogen) atoms. The Balaban J connectivity index is 1.27. The fourth-order valence-corrected chi connectivity index (χ4v) is 5.69. The van der Waals surface area contributed by atoms with Crippen molar-refractivity contribution in [2.45, 2.75) is 45.8 Å². The van der Waals surface area contributed by atoms with Crippen molar-refractivity contribution in [1.29, 1.82) is 0 Å². The van der Waals surface area contributed by atoms with Crippen LogP contribution >= 0.6 is 0 Å². The highest BCUT2D eigenvalue weighted by Crippen LogP contribution is 2.31. The topological polar surface area (TPSA) is 108 Å². The number of anilines is 2. The maximum atomic E-state index is 12.3. The summed E-state index contributed by atoms with van der Waals surface area (Å²) in [6.07, 6.45) is 1.91. The number of fused-ring (bicyclic) bond motifs is 1. The van der Waals surface area contributed by atoms with Crippen LogP contribution in [-0.4, -0.2) is 95.7 Å². The molecule has 0 radical (unpaired) electrons. The highest BCUT2D eigenvalue weighted by atomic mass is 16.6. The number of allylic oxidation sites excluding steroid dienone is 1. The zero-order chi connectivity index (χ0) is 27.5. The number of carbonyl (C=O) groups excluding carboxylic acids is 2. The molecule has 0 saturated carbocycles. The quantitative estimate of drug-likeness (QED) is 0.561. The number of hydrogen-bond acceptors (Lipinski definition) is 9. The third-order valence-corrected chi connectivity index (χ3v) is 7.93. The van der Waals surface area contributed by atoms with E-state index in [1.165, 1.54) is 11.1 Å². The first-order chi connectivity index (χ1) is 18.8. The van der Waals surface area contributed by atoms with Gasteiger partial charge in [-0.1, -0.05) is 12.1 Å². The van der Waals surface area contributed by atoms with E-state index in [0.717, 1.165) is 62.6 Å². The van der Waals surface area contributed by atoms with E-state index < -0.39 is 0 Å². The molecule has 5 rings (SSSR count). The number of nitrogens with two attached hydrogens (primary N) is 1. The van der Waals surface area contributed by atoms with Gasteiger partial charge in [0.05, 0.1) is 17.5 Å². The molecule has 2 N–H and O–H groups in total. The maximum Gasteiger partial charge on any atom is 0.410 e. The number of hydrogen-bond donors (Lipinski definition) is 1. The number of nitrogens with zero attached hydrogens (tertiary/aromatic N) is 6. The van der Waals surface area contributed by atoms with E-state index in [1.807, 2.05) is 19.9 Å². The lowest BCUT2D eigenvalue weighted by Gasteiger charge is -2.33. The summed E-state index contributed by atoms with van der Waals surface area (Å²) in [6.45, 7) is 10.2. The van der Waals surface area contributed by atoms with Crippen molar-refractivity contribution in [1.82, 2.24) is 24.7 Å². The summed E-state index contributed by atoms with van der Waals surface area (Å²) in [5.74, 6) is 3.58. The molecule has 4 heterocycles. The monoisotopic (exact) mass is 533 g/mol. The largest absolute Gasteiger partial charge is 0.447 e. The van der Waals surface area contributed by atoms with E-state index in [4.69, 9.17) is 10.5 Å². The van der Waals surface area contributed by atoms with Gasteiger partial charge < -0.3 is 30.1 Å². The predicted molar refractivity (Wildman–Crippen MR) is 151 cm³/mol. The van der Waals surface area contributed by atoms with Gasteiger partial charge in [-0.2, -0.15) is 4.98 Å². The van der Waals surface area contributed by atoms with Gasteiger partial charge in [-0.3, -0.25) is 0 Å². The molecule has 2 aromatic rings. The molecule has 1 amide bonds. The standard InChI is InChI=1S/C29H39N7O3/c1-20(2)39-29(38)36-8-6-21(17-36)14-25(19-37)35-9-7-22-4-5-23(15-24(22)18-35)26-16-27(32-28(30)31-26)34-12-10-33(3)11-13-34/h4-5,15-16,20-21H,6-14,17-18H2,1-3H3,(H2,30,31,32). The van der Waals surface area contributed by atoms with Crippen molar-refractivity contribution in [2.75, 3.05) is 63.5 Å². The molecule has 208 valence electrons. The van der Waals surface area contributed by atoms with E-state index in [9.17, 15) is 9.59 Å². The number of benzene rings is 1. The second-order valence-corrected chi connectivity index (χ2v) is 11.2. The maximum absolute atomic E-state index is 12.3. The van der Waals surface area contributed by atoms with Gasteiger partial charge in [0.25, 0.3) is 0 Å². The minimum absolute atomic E-state index is 0.141. The smallest absolute Gasteiger partial charge is 0.410 e. The molecule has 1 unspecified atom stereocenters. The molecule has 0 spiro atoms. The van der Waals surface area contributed by atoms with Gasteiger partial charge >= 0.3 is 6.09 Å². The molecular weight excluding hydrogens is 494 g/mol. The first kappa shape index (κ1) is 27.0. The van der Waals surface area contributed by atoms with Crippen molar-refractivity contribution >= 4 is 23.8 Å². The first-order valence-electron chi connectivity index (χ1n) is 13.9. The SMILES string of the molecule is CC(C)OC(=O)N1CCC(CC(=C=O)N2CCc3ccc(-c4cc(N5CCN(C)CC5)nc(N)n4)cc3C2)C1. The van der Waals surface area contributed by atoms with Crippen LogP contribution < -0.4 is 10.6 Å². The zero-order valence-corrected chi connectivity index (χ0v) is 23.2. The van der Waals surface area contributed by atoms with Gasteiger partial charge in [0.2, 0.25) is 5.95 Å². The number of ether oxygens (including phenoxy) is 1. The predicted octanol–water partition coefficient (Wildman–Crippen LogP) is 2.81. The average molecular weight is 534 g/mol. The Bertz CT molecular complexity index is 1250. The number of rotatable bonds is 6. The van der Waals surface area contributed by atoms with Crippen LogP contribution in [0.5, 0.6) is 0 Å². The van der Waals surface area contributed by atoms with Gasteiger partial charge in [-0.05, 0) is 56.8 Å². The fraction of sp³-hybridized carbons (Fsp3) is 0.552. The molecule has 1 aromatic carbocycles. The van der Waals surface area contributed by atoms with E-state index >= 15 is 0 Å². The van der Waals surface area contributed by atoms with Crippen LogP contribution in [0, 0.1) is 5.92 Å². The second kappa shape index (κ2) is 11.6. The lowest BCUT2D eigenvalue weighted by atomic mass is 9.94. The summed E-state index contributed by atoms with van der Waals surface area (Å²) in [5, 5.41) is 0. The summed E-state index contributed by atoms with van der Waals surface area (Å²) >= 11 is 0. The molecule has 2 fully saturated rings. The molecule has 3 aliphatic heterocycles. The van der Waals surface area contributed by atoms with E-state index in [-0.39, 0.29) is 24.1 Å². The lowest BCUT2D eigenvalue weighted by Crippen LogP contribution is -2.44. The summed E-state index contributed by atoms with van der Waals surface area (Å²) in [5.41, 5.74) is 11.1. The molecule has 0 aliphatic carbocycles. The van der Waals surface area contributed by atoms with Gasteiger partial charge in [-0.15, -0.1) is 0 Å². The second-order valence-electron chi connectivity index (χ2n) is 11.2. The van der Waals surface area contributed by atoms with Crippen LogP contribution in [0.3, 0.4) is 0 Å². The number of likely N-dealkylation sites (N-methyl/N-ethyl adjacent to an activating group) is 1. The van der Waals surface area contributed by atoms with Crippen LogP contribution in [-0.2, 0) is 22.5 Å². The van der Waals surface area contributed by atoms with E-state index in [0.29, 0.717) is 31.8 Å². The number of likely N-dealkylation sites (tertiary alicyclic amines) is 1. The first-order valence-corrected chi connectivity index (χ1v) is 13.9. The van der Waals surface area contributed by atoms with E-state index in [2.05, 4.69) is 55.9 Å². The number of carbonyl (C=O) groups is 1. The number of piperazine rings is 1. The van der Waals surface area contributed by atoms with Crippen LogP contribution in [0.15, 0.2) is 30.0 Å². The number of aromatic nitrogens is 2. The number of nitrogen functional groups attached to an aromatic ring is 1. The summed E-state index contributed by atoms with van der Waals surface area (Å²) < 4.78 is 5.34. The molecular formula is C29H39N7O3. The third-order valence-electron chi connectivity index (χ3n) is 7.93. The average Bonchev–Trinajstić information content (AvgIpc) is 3.40. The molecule has 3 aliphatic rings. The van der Waals surface area contributed by atoms with Crippen molar-refractivity contribution in [3.63, 3.8) is 0 Å². The van der Waals surface area contributed by atoms with Crippen LogP contribution in [0.25, 0.3) is 11.3 Å². The van der Waals surface area contributed by atoms with Gasteiger partial charge in [-0.25, -0.2) is 14.6 Å². The van der Waals surface area contributed by atoms with Gasteiger partial charge in [0, 0.05) is 70.4 Å². The molecule has 1 aromatic heterocycles. The Labute approximate surface area is 230 Å². The molecule has 1 atom stereocenters. The Morgan fingerprint density at radius 3 is 2.62 bits per heavy atom. The van der Waals surface area contributed by atoms with Crippen LogP contribution in [0.2, 0.25) is 0 Å². The molecule has 10 heteroatoms. The van der Waals surface area contributed by atoms with E-state index in [1.54, 1.807) is 4.90 Å². The lowest BCUT2D eigenvalue weighted by molar-refractivity contribution is 0.0825. The van der Waals surface area contributed by atoms with Crippen molar-refractivity contribution in [3.8, 4) is 11.3 Å². The fourth-order valence-electron chi connectivity index (χ4n) is 5.69. The Kier molecular flexibility index (Phi) is 8.04. The zero-order valence-electron chi connectivity index (χ0n) is 23.2. The van der Waals surface area contributed by atoms with Gasteiger partial charge in [0.15, 0.2) is 0 Å².